The zero-order chi connectivity index (χ0) is 15.5. The Morgan fingerprint density at radius 3 is 2.73 bits per heavy atom. The number of hydrogen-bond donors (Lipinski definition) is 3. The van der Waals surface area contributed by atoms with Crippen molar-refractivity contribution in [1.29, 1.82) is 0 Å². The minimum Gasteiger partial charge on any atom is -0.453 e. The fourth-order valence-corrected chi connectivity index (χ4v) is 1.98. The SMILES string of the molecule is COC(=O)Nc1nc2ncc(Nc3ccc(C)cc3)cc2[nH]1. The van der Waals surface area contributed by atoms with Crippen LogP contribution in [-0.4, -0.2) is 28.2 Å². The Bertz CT molecular complexity index is 810. The zero-order valence-corrected chi connectivity index (χ0v) is 12.2. The average Bonchev–Trinajstić information content (AvgIpc) is 2.91. The maximum Gasteiger partial charge on any atom is 0.413 e. The number of pyridine rings is 1. The number of imidazole rings is 1. The van der Waals surface area contributed by atoms with Gasteiger partial charge in [-0.2, -0.15) is 4.98 Å². The minimum atomic E-state index is -0.586. The lowest BCUT2D eigenvalue weighted by atomic mass is 10.2. The number of aromatic nitrogens is 3. The third-order valence-electron chi connectivity index (χ3n) is 3.08. The van der Waals surface area contributed by atoms with E-state index in [-0.39, 0.29) is 0 Å². The van der Waals surface area contributed by atoms with Crippen molar-refractivity contribution < 1.29 is 9.53 Å². The first-order valence-electron chi connectivity index (χ1n) is 6.68. The zero-order valence-electron chi connectivity index (χ0n) is 12.2. The number of methoxy groups -OCH3 is 1. The van der Waals surface area contributed by atoms with Gasteiger partial charge in [-0.15, -0.1) is 0 Å². The number of amides is 1. The van der Waals surface area contributed by atoms with Gasteiger partial charge < -0.3 is 15.0 Å². The second-order valence-electron chi connectivity index (χ2n) is 4.79. The summed E-state index contributed by atoms with van der Waals surface area (Å²) in [4.78, 5) is 22.5. The summed E-state index contributed by atoms with van der Waals surface area (Å²) in [7, 11) is 1.29. The summed E-state index contributed by atoms with van der Waals surface area (Å²) in [6, 6.07) is 9.93. The normalized spacial score (nSPS) is 10.5. The third kappa shape index (κ3) is 2.98. The van der Waals surface area contributed by atoms with Gasteiger partial charge in [0.05, 0.1) is 24.5 Å². The molecule has 7 heteroatoms. The molecule has 3 N–H and O–H groups in total. The van der Waals surface area contributed by atoms with Crippen LogP contribution in [0.25, 0.3) is 11.2 Å². The molecule has 0 saturated heterocycles. The number of anilines is 3. The Kier molecular flexibility index (Phi) is 3.61. The van der Waals surface area contributed by atoms with Crippen molar-refractivity contribution in [2.24, 2.45) is 0 Å². The quantitative estimate of drug-likeness (QED) is 0.690. The van der Waals surface area contributed by atoms with Crippen LogP contribution in [0.15, 0.2) is 36.5 Å². The number of ether oxygens (including phenoxy) is 1. The second kappa shape index (κ2) is 5.72. The van der Waals surface area contributed by atoms with Gasteiger partial charge in [0.25, 0.3) is 0 Å². The molecule has 1 amide bonds. The van der Waals surface area contributed by atoms with Crippen LogP contribution in [0.2, 0.25) is 0 Å². The fourth-order valence-electron chi connectivity index (χ4n) is 1.98. The van der Waals surface area contributed by atoms with E-state index in [1.165, 1.54) is 12.7 Å². The average molecular weight is 297 g/mol. The number of nitrogens with one attached hydrogen (secondary N) is 3. The Hall–Kier alpha value is -3.09. The predicted octanol–water partition coefficient (Wildman–Crippen LogP) is 3.19. The Morgan fingerprint density at radius 1 is 1.23 bits per heavy atom. The number of carbonyl (C=O) groups excluding carboxylic acids is 1. The van der Waals surface area contributed by atoms with Crippen LogP contribution >= 0.6 is 0 Å². The van der Waals surface area contributed by atoms with Crippen LogP contribution in [0.4, 0.5) is 22.1 Å². The molecule has 1 aromatic carbocycles. The van der Waals surface area contributed by atoms with Crippen LogP contribution < -0.4 is 10.6 Å². The molecule has 0 bridgehead atoms. The third-order valence-corrected chi connectivity index (χ3v) is 3.08. The number of carbonyl (C=O) groups is 1. The number of rotatable bonds is 3. The minimum absolute atomic E-state index is 0.293. The van der Waals surface area contributed by atoms with Gasteiger partial charge in [-0.1, -0.05) is 17.7 Å². The summed E-state index contributed by atoms with van der Waals surface area (Å²) < 4.78 is 4.52. The van der Waals surface area contributed by atoms with Gasteiger partial charge in [0.1, 0.15) is 0 Å². The van der Waals surface area contributed by atoms with Crippen LogP contribution in [-0.2, 0) is 4.74 Å². The van der Waals surface area contributed by atoms with Crippen LogP contribution in [0.5, 0.6) is 0 Å². The van der Waals surface area contributed by atoms with E-state index in [0.29, 0.717) is 17.1 Å². The highest BCUT2D eigenvalue weighted by atomic mass is 16.5. The summed E-state index contributed by atoms with van der Waals surface area (Å²) in [5.74, 6) is 0.293. The highest BCUT2D eigenvalue weighted by Crippen LogP contribution is 2.20. The van der Waals surface area contributed by atoms with Gasteiger partial charge in [-0.3, -0.25) is 5.32 Å². The van der Waals surface area contributed by atoms with Crippen LogP contribution in [0.1, 0.15) is 5.56 Å². The molecule has 0 spiro atoms. The van der Waals surface area contributed by atoms with Crippen molar-refractivity contribution in [2.75, 3.05) is 17.7 Å². The van der Waals surface area contributed by atoms with E-state index in [1.807, 2.05) is 37.3 Å². The van der Waals surface area contributed by atoms with Gasteiger partial charge in [0, 0.05) is 5.69 Å². The topological polar surface area (TPSA) is 91.9 Å². The molecular formula is C15H15N5O2. The van der Waals surface area contributed by atoms with E-state index in [1.54, 1.807) is 6.20 Å². The van der Waals surface area contributed by atoms with Crippen molar-refractivity contribution in [2.45, 2.75) is 6.92 Å². The molecule has 3 rings (SSSR count). The van der Waals surface area contributed by atoms with Crippen molar-refractivity contribution in [3.8, 4) is 0 Å². The van der Waals surface area contributed by atoms with Gasteiger partial charge in [0.15, 0.2) is 5.65 Å². The molecule has 0 fully saturated rings. The smallest absolute Gasteiger partial charge is 0.413 e. The highest BCUT2D eigenvalue weighted by molar-refractivity contribution is 5.86. The van der Waals surface area contributed by atoms with Gasteiger partial charge in [-0.05, 0) is 25.1 Å². The molecule has 0 unspecified atom stereocenters. The van der Waals surface area contributed by atoms with Crippen molar-refractivity contribution in [3.63, 3.8) is 0 Å². The molecule has 2 aromatic heterocycles. The van der Waals surface area contributed by atoms with E-state index < -0.39 is 6.09 Å². The molecule has 0 atom stereocenters. The molecule has 0 radical (unpaired) electrons. The van der Waals surface area contributed by atoms with Gasteiger partial charge in [-0.25, -0.2) is 9.78 Å². The van der Waals surface area contributed by atoms with Crippen LogP contribution in [0.3, 0.4) is 0 Å². The molecule has 3 aromatic rings. The molecule has 0 aliphatic rings. The molecule has 2 heterocycles. The summed E-state index contributed by atoms with van der Waals surface area (Å²) in [5.41, 5.74) is 4.22. The predicted molar refractivity (Wildman–Crippen MR) is 84.4 cm³/mol. The lowest BCUT2D eigenvalue weighted by Crippen LogP contribution is -2.11. The number of aryl methyl sites for hydroxylation is 1. The Labute approximate surface area is 126 Å². The van der Waals surface area contributed by atoms with Gasteiger partial charge in [0.2, 0.25) is 5.95 Å². The van der Waals surface area contributed by atoms with Crippen LogP contribution in [0, 0.1) is 6.92 Å². The lowest BCUT2D eigenvalue weighted by Gasteiger charge is -2.05. The largest absolute Gasteiger partial charge is 0.453 e. The molecule has 112 valence electrons. The maximum atomic E-state index is 11.2. The molecule has 0 saturated carbocycles. The molecule has 0 aliphatic carbocycles. The standard InChI is InChI=1S/C15H15N5O2/c1-9-3-5-10(6-4-9)17-11-7-12-13(16-8-11)19-14(18-12)20-15(21)22-2/h3-8,17H,1-2H3,(H2,16,18,19,20,21). The number of nitrogens with zero attached hydrogens (tertiary/aromatic N) is 2. The summed E-state index contributed by atoms with van der Waals surface area (Å²) >= 11 is 0. The van der Waals surface area contributed by atoms with Crippen molar-refractivity contribution in [3.05, 3.63) is 42.1 Å². The fraction of sp³-hybridized carbons (Fsp3) is 0.133. The first kappa shape index (κ1) is 13.9. The molecule has 7 nitrogen and oxygen atoms in total. The van der Waals surface area contributed by atoms with Gasteiger partial charge >= 0.3 is 6.09 Å². The Morgan fingerprint density at radius 2 is 2.00 bits per heavy atom. The van der Waals surface area contributed by atoms with Crippen molar-refractivity contribution >= 4 is 34.6 Å². The first-order chi connectivity index (χ1) is 10.6. The number of hydrogen-bond acceptors (Lipinski definition) is 5. The van der Waals surface area contributed by atoms with E-state index in [9.17, 15) is 4.79 Å². The van der Waals surface area contributed by atoms with E-state index in [0.717, 1.165) is 11.4 Å². The van der Waals surface area contributed by atoms with E-state index in [4.69, 9.17) is 0 Å². The molecule has 22 heavy (non-hydrogen) atoms. The molecule has 0 aliphatic heterocycles. The Balaban J connectivity index is 1.83. The summed E-state index contributed by atoms with van der Waals surface area (Å²) in [5, 5.41) is 5.73. The summed E-state index contributed by atoms with van der Waals surface area (Å²) in [6.07, 6.45) is 1.10. The number of fused-ring (bicyclic) bond motifs is 1. The van der Waals surface area contributed by atoms with Crippen molar-refractivity contribution in [1.82, 2.24) is 15.0 Å². The van der Waals surface area contributed by atoms with E-state index in [2.05, 4.69) is 30.3 Å². The monoisotopic (exact) mass is 297 g/mol. The van der Waals surface area contributed by atoms with E-state index >= 15 is 0 Å². The number of benzene rings is 1. The second-order valence-corrected chi connectivity index (χ2v) is 4.79. The first-order valence-corrected chi connectivity index (χ1v) is 6.68. The highest BCUT2D eigenvalue weighted by Gasteiger charge is 2.08. The maximum absolute atomic E-state index is 11.2. The number of H-pyrrole nitrogens is 1. The number of aromatic amines is 1. The molecular weight excluding hydrogens is 282 g/mol. The lowest BCUT2D eigenvalue weighted by molar-refractivity contribution is 0.186. The summed E-state index contributed by atoms with van der Waals surface area (Å²) in [6.45, 7) is 2.04.